The molecule has 2 N–H and O–H groups in total. The molecule has 2 aromatic rings. The molecule has 1 saturated heterocycles. The van der Waals surface area contributed by atoms with Crippen LogP contribution in [0.15, 0.2) is 27.8 Å². The highest BCUT2D eigenvalue weighted by Gasteiger charge is 2.17. The molecule has 1 fully saturated rings. The maximum atomic E-state index is 12.5. The fraction of sp³-hybridized carbons (Fsp3) is 0.429. The Hall–Kier alpha value is -2.08. The average Bonchev–Trinajstić information content (AvgIpc) is 2.96. The van der Waals surface area contributed by atoms with Gasteiger partial charge in [0.05, 0.1) is 18.0 Å². The van der Waals surface area contributed by atoms with Gasteiger partial charge in [0, 0.05) is 12.6 Å². The van der Waals surface area contributed by atoms with Crippen molar-refractivity contribution < 1.29 is 4.74 Å². The summed E-state index contributed by atoms with van der Waals surface area (Å²) < 4.78 is 6.40. The Balaban J connectivity index is 2.11. The first-order valence-corrected chi connectivity index (χ1v) is 6.73. The quantitative estimate of drug-likeness (QED) is 0.853. The SMILES string of the molecule is COc1ccc2[nH]c(=O)n(CC3CCCN3)c(=O)c2c1. The molecule has 1 aliphatic heterocycles. The zero-order valence-corrected chi connectivity index (χ0v) is 11.3. The number of benzene rings is 1. The largest absolute Gasteiger partial charge is 0.497 e. The van der Waals surface area contributed by atoms with Crippen LogP contribution in [0.4, 0.5) is 0 Å². The fourth-order valence-electron chi connectivity index (χ4n) is 2.66. The fourth-order valence-corrected chi connectivity index (χ4v) is 2.66. The number of aromatic nitrogens is 2. The molecule has 1 unspecified atom stereocenters. The number of ether oxygens (including phenoxy) is 1. The number of fused-ring (bicyclic) bond motifs is 1. The molecule has 0 amide bonds. The summed E-state index contributed by atoms with van der Waals surface area (Å²) in [5, 5.41) is 3.77. The number of H-pyrrole nitrogens is 1. The second kappa shape index (κ2) is 5.13. The Morgan fingerprint density at radius 3 is 2.95 bits per heavy atom. The van der Waals surface area contributed by atoms with Crippen LogP contribution in [0.5, 0.6) is 5.75 Å². The lowest BCUT2D eigenvalue weighted by molar-refractivity contribution is 0.415. The van der Waals surface area contributed by atoms with Crippen LogP contribution in [0, 0.1) is 0 Å². The van der Waals surface area contributed by atoms with Gasteiger partial charge in [-0.1, -0.05) is 0 Å². The third-order valence-corrected chi connectivity index (χ3v) is 3.75. The Morgan fingerprint density at radius 1 is 1.40 bits per heavy atom. The minimum atomic E-state index is -0.360. The summed E-state index contributed by atoms with van der Waals surface area (Å²) in [7, 11) is 1.55. The molecule has 6 heteroatoms. The predicted octanol–water partition coefficient (Wildman–Crippen LogP) is 0.450. The number of hydrogen-bond donors (Lipinski definition) is 2. The highest BCUT2D eigenvalue weighted by Crippen LogP contribution is 2.15. The summed E-state index contributed by atoms with van der Waals surface area (Å²) in [5.41, 5.74) is -0.0888. The van der Waals surface area contributed by atoms with Crippen LogP contribution in [0.1, 0.15) is 12.8 Å². The van der Waals surface area contributed by atoms with Gasteiger partial charge in [0.15, 0.2) is 0 Å². The minimum absolute atomic E-state index is 0.192. The first-order valence-electron chi connectivity index (χ1n) is 6.73. The van der Waals surface area contributed by atoms with Crippen molar-refractivity contribution in [1.29, 1.82) is 0 Å². The van der Waals surface area contributed by atoms with Gasteiger partial charge in [-0.2, -0.15) is 0 Å². The first kappa shape index (κ1) is 12.9. The molecule has 1 aromatic heterocycles. The molecule has 0 saturated carbocycles. The maximum absolute atomic E-state index is 12.5. The first-order chi connectivity index (χ1) is 9.69. The summed E-state index contributed by atoms with van der Waals surface area (Å²) in [6, 6.07) is 5.26. The number of nitrogens with one attached hydrogen (secondary N) is 2. The predicted molar refractivity (Wildman–Crippen MR) is 76.4 cm³/mol. The van der Waals surface area contributed by atoms with Crippen LogP contribution < -0.4 is 21.3 Å². The highest BCUT2D eigenvalue weighted by atomic mass is 16.5. The van der Waals surface area contributed by atoms with Gasteiger partial charge in [0.2, 0.25) is 0 Å². The summed E-state index contributed by atoms with van der Waals surface area (Å²) in [6.45, 7) is 1.35. The van der Waals surface area contributed by atoms with Crippen molar-refractivity contribution in [3.05, 3.63) is 39.0 Å². The van der Waals surface area contributed by atoms with Crippen LogP contribution in [0.2, 0.25) is 0 Å². The lowest BCUT2D eigenvalue weighted by Gasteiger charge is -2.12. The number of hydrogen-bond acceptors (Lipinski definition) is 4. The van der Waals surface area contributed by atoms with E-state index in [4.69, 9.17) is 4.74 Å². The second-order valence-electron chi connectivity index (χ2n) is 5.05. The molecule has 1 aliphatic rings. The van der Waals surface area contributed by atoms with E-state index in [2.05, 4.69) is 10.3 Å². The maximum Gasteiger partial charge on any atom is 0.328 e. The van der Waals surface area contributed by atoms with E-state index >= 15 is 0 Å². The van der Waals surface area contributed by atoms with E-state index in [0.717, 1.165) is 19.4 Å². The molecule has 1 atom stereocenters. The molecule has 2 heterocycles. The van der Waals surface area contributed by atoms with Crippen molar-refractivity contribution >= 4 is 10.9 Å². The smallest absolute Gasteiger partial charge is 0.328 e. The number of aromatic amines is 1. The Bertz CT molecular complexity index is 741. The minimum Gasteiger partial charge on any atom is -0.497 e. The Morgan fingerprint density at radius 2 is 2.25 bits per heavy atom. The van der Waals surface area contributed by atoms with Gasteiger partial charge in [-0.25, -0.2) is 4.79 Å². The van der Waals surface area contributed by atoms with Crippen LogP contribution in [-0.2, 0) is 6.54 Å². The number of rotatable bonds is 3. The molecule has 0 spiro atoms. The van der Waals surface area contributed by atoms with E-state index in [1.165, 1.54) is 4.57 Å². The van der Waals surface area contributed by atoms with Crippen LogP contribution >= 0.6 is 0 Å². The van der Waals surface area contributed by atoms with Gasteiger partial charge >= 0.3 is 5.69 Å². The van der Waals surface area contributed by atoms with Crippen molar-refractivity contribution in [2.45, 2.75) is 25.4 Å². The van der Waals surface area contributed by atoms with E-state index in [1.807, 2.05) is 0 Å². The van der Waals surface area contributed by atoms with Crippen molar-refractivity contribution in [2.75, 3.05) is 13.7 Å². The normalized spacial score (nSPS) is 18.6. The number of nitrogens with zero attached hydrogens (tertiary/aromatic N) is 1. The number of methoxy groups -OCH3 is 1. The third-order valence-electron chi connectivity index (χ3n) is 3.75. The van der Waals surface area contributed by atoms with E-state index in [-0.39, 0.29) is 17.3 Å². The van der Waals surface area contributed by atoms with Gasteiger partial charge in [-0.3, -0.25) is 9.36 Å². The molecular weight excluding hydrogens is 258 g/mol. The lowest BCUT2D eigenvalue weighted by atomic mass is 10.2. The summed E-state index contributed by atoms with van der Waals surface area (Å²) >= 11 is 0. The monoisotopic (exact) mass is 275 g/mol. The molecule has 0 aliphatic carbocycles. The van der Waals surface area contributed by atoms with E-state index in [0.29, 0.717) is 23.2 Å². The lowest BCUT2D eigenvalue weighted by Crippen LogP contribution is -2.40. The Labute approximate surface area is 115 Å². The average molecular weight is 275 g/mol. The highest BCUT2D eigenvalue weighted by molar-refractivity contribution is 5.78. The van der Waals surface area contributed by atoms with Gasteiger partial charge in [-0.15, -0.1) is 0 Å². The van der Waals surface area contributed by atoms with Crippen molar-refractivity contribution in [3.63, 3.8) is 0 Å². The second-order valence-corrected chi connectivity index (χ2v) is 5.05. The van der Waals surface area contributed by atoms with Gasteiger partial charge in [-0.05, 0) is 37.6 Å². The summed E-state index contributed by atoms with van der Waals surface area (Å²) in [4.78, 5) is 27.3. The van der Waals surface area contributed by atoms with Crippen LogP contribution in [0.25, 0.3) is 10.9 Å². The topological polar surface area (TPSA) is 76.1 Å². The van der Waals surface area contributed by atoms with Crippen molar-refractivity contribution in [1.82, 2.24) is 14.9 Å². The standard InChI is InChI=1S/C14H17N3O3/c1-20-10-4-5-12-11(7-10)13(18)17(14(19)16-12)8-9-3-2-6-15-9/h4-5,7,9,15H,2-3,6,8H2,1H3,(H,16,19). The molecule has 0 radical (unpaired) electrons. The molecule has 6 nitrogen and oxygen atoms in total. The summed E-state index contributed by atoms with van der Waals surface area (Å²) in [6.07, 6.45) is 2.07. The van der Waals surface area contributed by atoms with Crippen LogP contribution in [-0.4, -0.2) is 29.2 Å². The van der Waals surface area contributed by atoms with Gasteiger partial charge < -0.3 is 15.0 Å². The van der Waals surface area contributed by atoms with Crippen molar-refractivity contribution in [3.8, 4) is 5.75 Å². The van der Waals surface area contributed by atoms with E-state index < -0.39 is 0 Å². The summed E-state index contributed by atoms with van der Waals surface area (Å²) in [5.74, 6) is 0.604. The molecule has 1 aromatic carbocycles. The zero-order valence-electron chi connectivity index (χ0n) is 11.3. The molecule has 106 valence electrons. The van der Waals surface area contributed by atoms with Crippen LogP contribution in [0.3, 0.4) is 0 Å². The van der Waals surface area contributed by atoms with Crippen molar-refractivity contribution in [2.24, 2.45) is 0 Å². The zero-order chi connectivity index (χ0) is 14.1. The van der Waals surface area contributed by atoms with E-state index in [9.17, 15) is 9.59 Å². The molecule has 0 bridgehead atoms. The Kier molecular flexibility index (Phi) is 3.31. The molecule has 20 heavy (non-hydrogen) atoms. The molecular formula is C14H17N3O3. The van der Waals surface area contributed by atoms with Gasteiger partial charge in [0.25, 0.3) is 5.56 Å². The van der Waals surface area contributed by atoms with Gasteiger partial charge in [0.1, 0.15) is 5.75 Å². The molecule has 3 rings (SSSR count). The third kappa shape index (κ3) is 2.22. The van der Waals surface area contributed by atoms with E-state index in [1.54, 1.807) is 25.3 Å².